The average molecular weight is 340 g/mol. The van der Waals surface area contributed by atoms with Crippen molar-refractivity contribution < 1.29 is 9.53 Å². The number of hydrogen-bond acceptors (Lipinski definition) is 4. The summed E-state index contributed by atoms with van der Waals surface area (Å²) in [6.45, 7) is 1.87. The summed E-state index contributed by atoms with van der Waals surface area (Å²) in [5.74, 6) is -0.0522. The smallest absolute Gasteiger partial charge is 0.276 e. The van der Waals surface area contributed by atoms with Gasteiger partial charge in [0.2, 0.25) is 0 Å². The molecule has 2 fully saturated rings. The van der Waals surface area contributed by atoms with Crippen LogP contribution in [0.4, 0.5) is 0 Å². The first-order valence-electron chi connectivity index (χ1n) is 9.16. The first kappa shape index (κ1) is 16.3. The van der Waals surface area contributed by atoms with E-state index >= 15 is 0 Å². The van der Waals surface area contributed by atoms with Crippen LogP contribution in [0.25, 0.3) is 0 Å². The monoisotopic (exact) mass is 340 g/mol. The second-order valence-electron chi connectivity index (χ2n) is 6.96. The molecule has 6 nitrogen and oxygen atoms in total. The van der Waals surface area contributed by atoms with Crippen LogP contribution in [0.1, 0.15) is 54.2 Å². The maximum absolute atomic E-state index is 13.1. The zero-order chi connectivity index (χ0) is 17.1. The zero-order valence-electron chi connectivity index (χ0n) is 14.4. The Bertz CT molecular complexity index is 703. The minimum atomic E-state index is -0.0522. The van der Waals surface area contributed by atoms with Crippen LogP contribution in [-0.4, -0.2) is 45.1 Å². The van der Waals surface area contributed by atoms with Crippen molar-refractivity contribution in [3.63, 3.8) is 0 Å². The van der Waals surface area contributed by atoms with Crippen LogP contribution in [0.5, 0.6) is 0 Å². The largest absolute Gasteiger partial charge is 0.379 e. The molecule has 4 rings (SSSR count). The molecular formula is C19H24N4O2. The number of benzene rings is 1. The molecule has 25 heavy (non-hydrogen) atoms. The van der Waals surface area contributed by atoms with Crippen molar-refractivity contribution in [3.8, 4) is 0 Å². The van der Waals surface area contributed by atoms with Crippen LogP contribution in [-0.2, 0) is 11.3 Å². The van der Waals surface area contributed by atoms with Crippen molar-refractivity contribution in [1.29, 1.82) is 0 Å². The molecular weight excluding hydrogens is 316 g/mol. The molecule has 1 aliphatic carbocycles. The Balaban J connectivity index is 1.54. The first-order valence-corrected chi connectivity index (χ1v) is 9.16. The fourth-order valence-electron chi connectivity index (χ4n) is 3.78. The molecule has 1 aliphatic heterocycles. The van der Waals surface area contributed by atoms with Gasteiger partial charge in [-0.05, 0) is 24.8 Å². The number of carbonyl (C=O) groups is 1. The highest BCUT2D eigenvalue weighted by Gasteiger charge is 2.30. The molecule has 0 radical (unpaired) electrons. The Morgan fingerprint density at radius 1 is 1.20 bits per heavy atom. The maximum atomic E-state index is 13.1. The fraction of sp³-hybridized carbons (Fsp3) is 0.526. The SMILES string of the molecule is O=C(c1cn(C2CCCC2)nn1)N(Cc1ccccc1)C1CCOC1. The van der Waals surface area contributed by atoms with Crippen LogP contribution in [0.3, 0.4) is 0 Å². The summed E-state index contributed by atoms with van der Waals surface area (Å²) in [7, 11) is 0. The van der Waals surface area contributed by atoms with Crippen LogP contribution in [0.2, 0.25) is 0 Å². The van der Waals surface area contributed by atoms with Gasteiger partial charge in [-0.2, -0.15) is 0 Å². The van der Waals surface area contributed by atoms with Gasteiger partial charge in [0.05, 0.1) is 24.9 Å². The maximum Gasteiger partial charge on any atom is 0.276 e. The van der Waals surface area contributed by atoms with Crippen LogP contribution < -0.4 is 0 Å². The Labute approximate surface area is 147 Å². The van der Waals surface area contributed by atoms with Crippen molar-refractivity contribution in [2.45, 2.75) is 50.7 Å². The summed E-state index contributed by atoms with van der Waals surface area (Å²) >= 11 is 0. The van der Waals surface area contributed by atoms with E-state index in [1.807, 2.05) is 46.1 Å². The summed E-state index contributed by atoms with van der Waals surface area (Å²) in [6, 6.07) is 10.6. The van der Waals surface area contributed by atoms with Crippen molar-refractivity contribution in [1.82, 2.24) is 19.9 Å². The fourth-order valence-corrected chi connectivity index (χ4v) is 3.78. The summed E-state index contributed by atoms with van der Waals surface area (Å²) in [4.78, 5) is 15.0. The van der Waals surface area contributed by atoms with Crippen LogP contribution in [0, 0.1) is 0 Å². The van der Waals surface area contributed by atoms with Gasteiger partial charge in [-0.3, -0.25) is 4.79 Å². The van der Waals surface area contributed by atoms with Gasteiger partial charge in [0.25, 0.3) is 5.91 Å². The van der Waals surface area contributed by atoms with Gasteiger partial charge in [-0.1, -0.05) is 48.4 Å². The normalized spacial score (nSPS) is 20.9. The van der Waals surface area contributed by atoms with Crippen molar-refractivity contribution in [3.05, 3.63) is 47.8 Å². The Morgan fingerprint density at radius 2 is 2.00 bits per heavy atom. The number of aromatic nitrogens is 3. The first-order chi connectivity index (χ1) is 12.3. The van der Waals surface area contributed by atoms with E-state index in [-0.39, 0.29) is 11.9 Å². The lowest BCUT2D eigenvalue weighted by Gasteiger charge is -2.27. The minimum Gasteiger partial charge on any atom is -0.379 e. The van der Waals surface area contributed by atoms with Crippen molar-refractivity contribution in [2.24, 2.45) is 0 Å². The van der Waals surface area contributed by atoms with E-state index in [0.717, 1.165) is 24.8 Å². The quantitative estimate of drug-likeness (QED) is 0.840. The molecule has 1 unspecified atom stereocenters. The van der Waals surface area contributed by atoms with E-state index in [9.17, 15) is 4.79 Å². The molecule has 2 aromatic rings. The number of hydrogen-bond donors (Lipinski definition) is 0. The molecule has 1 aromatic carbocycles. The van der Waals surface area contributed by atoms with Gasteiger partial charge >= 0.3 is 0 Å². The number of carbonyl (C=O) groups excluding carboxylic acids is 1. The summed E-state index contributed by atoms with van der Waals surface area (Å²) in [6.07, 6.45) is 7.41. The highest BCUT2D eigenvalue weighted by atomic mass is 16.5. The predicted molar refractivity (Wildman–Crippen MR) is 93.1 cm³/mol. The molecule has 1 amide bonds. The lowest BCUT2D eigenvalue weighted by molar-refractivity contribution is 0.0629. The highest BCUT2D eigenvalue weighted by molar-refractivity contribution is 5.92. The van der Waals surface area contributed by atoms with Gasteiger partial charge in [-0.25, -0.2) is 4.68 Å². The van der Waals surface area contributed by atoms with Crippen molar-refractivity contribution in [2.75, 3.05) is 13.2 Å². The second kappa shape index (κ2) is 7.35. The van der Waals surface area contributed by atoms with Gasteiger partial charge in [0.1, 0.15) is 0 Å². The summed E-state index contributed by atoms with van der Waals surface area (Å²) in [5, 5.41) is 8.40. The van der Waals surface area contributed by atoms with Gasteiger partial charge in [-0.15, -0.1) is 5.10 Å². The molecule has 1 saturated heterocycles. The highest BCUT2D eigenvalue weighted by Crippen LogP contribution is 2.28. The van der Waals surface area contributed by atoms with E-state index in [2.05, 4.69) is 10.3 Å². The molecule has 0 N–H and O–H groups in total. The lowest BCUT2D eigenvalue weighted by Crippen LogP contribution is -2.40. The van der Waals surface area contributed by atoms with E-state index < -0.39 is 0 Å². The molecule has 2 aliphatic rings. The summed E-state index contributed by atoms with van der Waals surface area (Å²) in [5.41, 5.74) is 1.56. The van der Waals surface area contributed by atoms with Gasteiger partial charge < -0.3 is 9.64 Å². The molecule has 6 heteroatoms. The number of amides is 1. The summed E-state index contributed by atoms with van der Waals surface area (Å²) < 4.78 is 7.39. The molecule has 1 aromatic heterocycles. The second-order valence-corrected chi connectivity index (χ2v) is 6.96. The zero-order valence-corrected chi connectivity index (χ0v) is 14.4. The van der Waals surface area contributed by atoms with E-state index in [4.69, 9.17) is 4.74 Å². The molecule has 0 bridgehead atoms. The van der Waals surface area contributed by atoms with Crippen LogP contribution in [0.15, 0.2) is 36.5 Å². The van der Waals surface area contributed by atoms with Crippen LogP contribution >= 0.6 is 0 Å². The molecule has 1 atom stereocenters. The molecule has 1 saturated carbocycles. The standard InChI is InChI=1S/C19H24N4O2/c24-19(18-13-23(21-20-18)16-8-4-5-9-16)22(17-10-11-25-14-17)12-15-6-2-1-3-7-15/h1-3,6-7,13,16-17H,4-5,8-12,14H2. The van der Waals surface area contributed by atoms with E-state index in [1.165, 1.54) is 12.8 Å². The van der Waals surface area contributed by atoms with E-state index in [1.54, 1.807) is 0 Å². The number of ether oxygens (including phenoxy) is 1. The average Bonchev–Trinajstić information content (AvgIpc) is 3.42. The third-order valence-corrected chi connectivity index (χ3v) is 5.23. The predicted octanol–water partition coefficient (Wildman–Crippen LogP) is 2.82. The Morgan fingerprint density at radius 3 is 2.72 bits per heavy atom. The van der Waals surface area contributed by atoms with E-state index in [0.29, 0.717) is 31.5 Å². The Hall–Kier alpha value is -2.21. The van der Waals surface area contributed by atoms with Gasteiger partial charge in [0.15, 0.2) is 5.69 Å². The molecule has 0 spiro atoms. The number of rotatable bonds is 5. The third-order valence-electron chi connectivity index (χ3n) is 5.23. The Kier molecular flexibility index (Phi) is 4.78. The number of nitrogens with zero attached hydrogens (tertiary/aromatic N) is 4. The topological polar surface area (TPSA) is 60.2 Å². The molecule has 132 valence electrons. The third kappa shape index (κ3) is 3.58. The van der Waals surface area contributed by atoms with Gasteiger partial charge in [0, 0.05) is 13.2 Å². The minimum absolute atomic E-state index is 0.0522. The lowest BCUT2D eigenvalue weighted by atomic mass is 10.1. The molecule has 2 heterocycles. The van der Waals surface area contributed by atoms with Crippen molar-refractivity contribution >= 4 is 5.91 Å².